The maximum absolute atomic E-state index is 9.17. The van der Waals surface area contributed by atoms with E-state index in [1.807, 2.05) is 6.08 Å². The molecule has 0 spiro atoms. The van der Waals surface area contributed by atoms with Crippen LogP contribution in [-0.2, 0) is 0 Å². The van der Waals surface area contributed by atoms with E-state index in [-0.39, 0.29) is 0 Å². The van der Waals surface area contributed by atoms with Crippen molar-refractivity contribution in [1.29, 1.82) is 0 Å². The minimum atomic E-state index is 0.395. The van der Waals surface area contributed by atoms with Crippen molar-refractivity contribution < 1.29 is 5.11 Å². The predicted molar refractivity (Wildman–Crippen MR) is 50.8 cm³/mol. The van der Waals surface area contributed by atoms with Gasteiger partial charge in [-0.2, -0.15) is 0 Å². The van der Waals surface area contributed by atoms with Gasteiger partial charge >= 0.3 is 0 Å². The van der Waals surface area contributed by atoms with Gasteiger partial charge in [0.25, 0.3) is 0 Å². The van der Waals surface area contributed by atoms with Gasteiger partial charge < -0.3 is 10.8 Å². The zero-order valence-corrected chi connectivity index (χ0v) is 7.53. The Balaban J connectivity index is 2.43. The fourth-order valence-electron chi connectivity index (χ4n) is 1.56. The van der Waals surface area contributed by atoms with Crippen LogP contribution >= 0.6 is 0 Å². The molecule has 68 valence electrons. The molecule has 0 heterocycles. The topological polar surface area (TPSA) is 46.2 Å². The molecule has 2 nitrogen and oxygen atoms in total. The molecule has 1 aliphatic carbocycles. The summed E-state index contributed by atoms with van der Waals surface area (Å²) in [7, 11) is 0. The Kier molecular flexibility index (Phi) is 3.35. The molecule has 0 aliphatic heterocycles. The molecule has 3 N–H and O–H groups in total. The average Bonchev–Trinajstić information content (AvgIpc) is 2.03. The lowest BCUT2D eigenvalue weighted by molar-refractivity contribution is 0.390. The first-order chi connectivity index (χ1) is 5.74. The van der Waals surface area contributed by atoms with Crippen LogP contribution in [0.15, 0.2) is 24.0 Å². The van der Waals surface area contributed by atoms with E-state index in [4.69, 9.17) is 5.73 Å². The highest BCUT2D eigenvalue weighted by molar-refractivity contribution is 5.18. The number of rotatable bonds is 3. The quantitative estimate of drug-likeness (QED) is 0.675. The zero-order valence-electron chi connectivity index (χ0n) is 7.53. The first kappa shape index (κ1) is 9.33. The Morgan fingerprint density at radius 1 is 1.58 bits per heavy atom. The Hall–Kier alpha value is -0.760. The van der Waals surface area contributed by atoms with Gasteiger partial charge in [0, 0.05) is 0 Å². The predicted octanol–water partition coefficient (Wildman–Crippen LogP) is 1.99. The maximum atomic E-state index is 9.17. The third-order valence-electron chi connectivity index (χ3n) is 2.36. The fourth-order valence-corrected chi connectivity index (χ4v) is 1.56. The summed E-state index contributed by atoms with van der Waals surface area (Å²) in [5.41, 5.74) is 5.43. The summed E-state index contributed by atoms with van der Waals surface area (Å²) in [4.78, 5) is 0. The summed E-state index contributed by atoms with van der Waals surface area (Å²) in [6.45, 7) is 2.88. The molecule has 0 bridgehead atoms. The van der Waals surface area contributed by atoms with Crippen LogP contribution in [0, 0.1) is 11.8 Å². The van der Waals surface area contributed by atoms with Crippen molar-refractivity contribution in [2.24, 2.45) is 17.6 Å². The summed E-state index contributed by atoms with van der Waals surface area (Å²) < 4.78 is 0. The molecule has 2 unspecified atom stereocenters. The maximum Gasteiger partial charge on any atom is 0.111 e. The van der Waals surface area contributed by atoms with Crippen LogP contribution in [0.1, 0.15) is 19.8 Å². The molecule has 0 aromatic rings. The number of hydrogen-bond donors (Lipinski definition) is 2. The van der Waals surface area contributed by atoms with Crippen molar-refractivity contribution in [3.63, 3.8) is 0 Å². The normalized spacial score (nSPS) is 28.7. The van der Waals surface area contributed by atoms with Gasteiger partial charge in [0.1, 0.15) is 5.76 Å². The van der Waals surface area contributed by atoms with Crippen LogP contribution in [-0.4, -0.2) is 11.7 Å². The third-order valence-corrected chi connectivity index (χ3v) is 2.36. The van der Waals surface area contributed by atoms with Crippen molar-refractivity contribution in [3.8, 4) is 0 Å². The van der Waals surface area contributed by atoms with Gasteiger partial charge in [0.05, 0.1) is 0 Å². The second-order valence-electron chi connectivity index (χ2n) is 3.40. The van der Waals surface area contributed by atoms with Crippen molar-refractivity contribution in [2.75, 3.05) is 6.54 Å². The first-order valence-corrected chi connectivity index (χ1v) is 4.53. The van der Waals surface area contributed by atoms with E-state index < -0.39 is 0 Å². The molecule has 1 aliphatic rings. The van der Waals surface area contributed by atoms with Gasteiger partial charge in [0.2, 0.25) is 0 Å². The monoisotopic (exact) mass is 167 g/mol. The molecule has 0 aromatic heterocycles. The number of aliphatic hydroxyl groups excluding tert-OH is 1. The Labute approximate surface area is 73.8 Å². The van der Waals surface area contributed by atoms with Crippen LogP contribution in [0.4, 0.5) is 0 Å². The van der Waals surface area contributed by atoms with E-state index in [2.05, 4.69) is 13.0 Å². The molecule has 0 amide bonds. The highest BCUT2D eigenvalue weighted by Gasteiger charge is 2.15. The van der Waals surface area contributed by atoms with Gasteiger partial charge in [-0.15, -0.1) is 0 Å². The second-order valence-corrected chi connectivity index (χ2v) is 3.40. The summed E-state index contributed by atoms with van der Waals surface area (Å²) >= 11 is 0. The Bertz CT molecular complexity index is 196. The van der Waals surface area contributed by atoms with E-state index in [1.165, 1.54) is 0 Å². The standard InChI is InChI=1S/C10H17NO/c1-8-7-10(12)5-4-9(8)3-2-6-11/h4-5,7-9,12H,2-3,6,11H2,1H3. The molecule has 1 rings (SSSR count). The summed E-state index contributed by atoms with van der Waals surface area (Å²) in [6, 6.07) is 0. The van der Waals surface area contributed by atoms with Crippen LogP contribution in [0.25, 0.3) is 0 Å². The van der Waals surface area contributed by atoms with Gasteiger partial charge in [-0.05, 0) is 43.4 Å². The van der Waals surface area contributed by atoms with E-state index in [0.717, 1.165) is 19.4 Å². The van der Waals surface area contributed by atoms with E-state index >= 15 is 0 Å². The molecule has 0 saturated heterocycles. The van der Waals surface area contributed by atoms with Gasteiger partial charge in [-0.1, -0.05) is 13.0 Å². The second kappa shape index (κ2) is 4.31. The molecular formula is C10H17NO. The van der Waals surface area contributed by atoms with E-state index in [0.29, 0.717) is 17.6 Å². The zero-order chi connectivity index (χ0) is 8.97. The third kappa shape index (κ3) is 2.38. The highest BCUT2D eigenvalue weighted by atomic mass is 16.3. The molecule has 0 radical (unpaired) electrons. The summed E-state index contributed by atoms with van der Waals surface area (Å²) in [5.74, 6) is 1.40. The molecule has 0 aromatic carbocycles. The first-order valence-electron chi connectivity index (χ1n) is 4.53. The minimum Gasteiger partial charge on any atom is -0.508 e. The Morgan fingerprint density at radius 3 is 2.92 bits per heavy atom. The fraction of sp³-hybridized carbons (Fsp3) is 0.600. The van der Waals surface area contributed by atoms with Crippen LogP contribution in [0.3, 0.4) is 0 Å². The van der Waals surface area contributed by atoms with Crippen molar-refractivity contribution in [1.82, 2.24) is 0 Å². The minimum absolute atomic E-state index is 0.395. The van der Waals surface area contributed by atoms with Gasteiger partial charge in [0.15, 0.2) is 0 Å². The van der Waals surface area contributed by atoms with Crippen molar-refractivity contribution in [3.05, 3.63) is 24.0 Å². The molecule has 0 saturated carbocycles. The van der Waals surface area contributed by atoms with Crippen molar-refractivity contribution in [2.45, 2.75) is 19.8 Å². The SMILES string of the molecule is CC1C=C(O)C=CC1CCCN. The van der Waals surface area contributed by atoms with Crippen molar-refractivity contribution >= 4 is 0 Å². The number of allylic oxidation sites excluding steroid dienone is 3. The van der Waals surface area contributed by atoms with E-state index in [9.17, 15) is 5.11 Å². The number of hydrogen-bond acceptors (Lipinski definition) is 2. The average molecular weight is 167 g/mol. The smallest absolute Gasteiger partial charge is 0.111 e. The molecule has 12 heavy (non-hydrogen) atoms. The molecule has 2 heteroatoms. The largest absolute Gasteiger partial charge is 0.508 e. The lowest BCUT2D eigenvalue weighted by Gasteiger charge is -2.20. The molecule has 0 fully saturated rings. The number of nitrogens with two attached hydrogens (primary N) is 1. The number of aliphatic hydroxyl groups is 1. The lowest BCUT2D eigenvalue weighted by atomic mass is 9.86. The van der Waals surface area contributed by atoms with E-state index in [1.54, 1.807) is 6.08 Å². The summed E-state index contributed by atoms with van der Waals surface area (Å²) in [6.07, 6.45) is 7.95. The molecular weight excluding hydrogens is 150 g/mol. The van der Waals surface area contributed by atoms with Crippen LogP contribution in [0.2, 0.25) is 0 Å². The highest BCUT2D eigenvalue weighted by Crippen LogP contribution is 2.25. The van der Waals surface area contributed by atoms with Gasteiger partial charge in [-0.3, -0.25) is 0 Å². The lowest BCUT2D eigenvalue weighted by Crippen LogP contribution is -2.12. The van der Waals surface area contributed by atoms with Crippen LogP contribution in [0.5, 0.6) is 0 Å². The molecule has 2 atom stereocenters. The Morgan fingerprint density at radius 2 is 2.33 bits per heavy atom. The summed E-state index contributed by atoms with van der Waals surface area (Å²) in [5, 5.41) is 9.17. The van der Waals surface area contributed by atoms with Crippen LogP contribution < -0.4 is 5.73 Å². The van der Waals surface area contributed by atoms with Gasteiger partial charge in [-0.25, -0.2) is 0 Å².